The number of nitrogens with zero attached hydrogens (tertiary/aromatic N) is 1. The van der Waals surface area contributed by atoms with Crippen LogP contribution in [-0.4, -0.2) is 51.3 Å². The first-order chi connectivity index (χ1) is 13.8. The van der Waals surface area contributed by atoms with Gasteiger partial charge in [0.1, 0.15) is 15.6 Å². The van der Waals surface area contributed by atoms with Gasteiger partial charge in [0.25, 0.3) is 0 Å². The summed E-state index contributed by atoms with van der Waals surface area (Å²) in [6, 6.07) is 17.8. The van der Waals surface area contributed by atoms with Crippen LogP contribution in [0.1, 0.15) is 13.8 Å². The van der Waals surface area contributed by atoms with Crippen LogP contribution in [0.2, 0.25) is 0 Å². The molecule has 0 aliphatic heterocycles. The molecule has 6 nitrogen and oxygen atoms in total. The van der Waals surface area contributed by atoms with E-state index in [1.54, 1.807) is 11.8 Å². The van der Waals surface area contributed by atoms with E-state index >= 15 is 0 Å². The maximum absolute atomic E-state index is 11.4. The van der Waals surface area contributed by atoms with Crippen LogP contribution in [0, 0.1) is 0 Å². The lowest BCUT2D eigenvalue weighted by Gasteiger charge is -2.14. The fourth-order valence-corrected chi connectivity index (χ4v) is 3.56. The van der Waals surface area contributed by atoms with Gasteiger partial charge < -0.3 is 15.4 Å². The molecule has 29 heavy (non-hydrogen) atoms. The predicted molar refractivity (Wildman–Crippen MR) is 123 cm³/mol. The summed E-state index contributed by atoms with van der Waals surface area (Å²) in [6.45, 7) is 4.86. The minimum absolute atomic E-state index is 0.0137. The molecule has 8 heteroatoms. The average Bonchev–Trinajstić information content (AvgIpc) is 2.66. The summed E-state index contributed by atoms with van der Waals surface area (Å²) in [7, 11) is -3.05. The molecule has 0 aromatic heterocycles. The van der Waals surface area contributed by atoms with E-state index in [9.17, 15) is 8.42 Å². The number of guanidine groups is 1. The van der Waals surface area contributed by atoms with Crippen molar-refractivity contribution in [1.82, 2.24) is 5.32 Å². The van der Waals surface area contributed by atoms with Crippen LogP contribution in [0.4, 0.5) is 5.69 Å². The van der Waals surface area contributed by atoms with Gasteiger partial charge in [-0.3, -0.25) is 4.99 Å². The Kier molecular flexibility index (Phi) is 9.34. The molecule has 0 spiro atoms. The summed E-state index contributed by atoms with van der Waals surface area (Å²) >= 11 is 1.75. The molecule has 0 fully saturated rings. The number of ether oxygens (including phenoxy) is 1. The van der Waals surface area contributed by atoms with Crippen LogP contribution in [0.5, 0.6) is 5.75 Å². The summed E-state index contributed by atoms with van der Waals surface area (Å²) in [5.41, 5.74) is 0.849. The van der Waals surface area contributed by atoms with Gasteiger partial charge in [0.15, 0.2) is 5.96 Å². The molecule has 2 N–H and O–H groups in total. The molecule has 0 aliphatic carbocycles. The van der Waals surface area contributed by atoms with E-state index in [1.165, 1.54) is 11.2 Å². The first-order valence-corrected chi connectivity index (χ1v) is 12.5. The third-order valence-electron chi connectivity index (χ3n) is 3.63. The standard InChI is InChI=1S/C21H29N3O3S2/c1-17(2)27-19-11-9-18(10-12-19)24-21(23-14-16-29(3,25)26)22-13-15-28-20-7-5-4-6-8-20/h4-12,17H,13-16H2,1-3H3,(H2,22,23,24). The molecular weight excluding hydrogens is 406 g/mol. The van der Waals surface area contributed by atoms with E-state index < -0.39 is 9.84 Å². The van der Waals surface area contributed by atoms with Gasteiger partial charge in [-0.15, -0.1) is 11.8 Å². The zero-order valence-corrected chi connectivity index (χ0v) is 18.7. The fourth-order valence-electron chi connectivity index (χ4n) is 2.34. The predicted octanol–water partition coefficient (Wildman–Crippen LogP) is 3.67. The molecule has 0 heterocycles. The van der Waals surface area contributed by atoms with Crippen LogP contribution >= 0.6 is 11.8 Å². The van der Waals surface area contributed by atoms with E-state index in [4.69, 9.17) is 4.74 Å². The lowest BCUT2D eigenvalue weighted by molar-refractivity contribution is 0.242. The zero-order chi connectivity index (χ0) is 21.1. The van der Waals surface area contributed by atoms with Crippen molar-refractivity contribution in [3.63, 3.8) is 0 Å². The van der Waals surface area contributed by atoms with Crippen LogP contribution in [0.3, 0.4) is 0 Å². The SMILES string of the molecule is CC(C)Oc1ccc(NC(=NCCS(C)(=O)=O)NCCSc2ccccc2)cc1. The van der Waals surface area contributed by atoms with Crippen molar-refractivity contribution in [1.29, 1.82) is 0 Å². The molecule has 0 bridgehead atoms. The molecule has 0 amide bonds. The third kappa shape index (κ3) is 10.2. The van der Waals surface area contributed by atoms with Crippen molar-refractivity contribution in [3.8, 4) is 5.75 Å². The molecule has 158 valence electrons. The number of hydrogen-bond donors (Lipinski definition) is 2. The number of hydrogen-bond acceptors (Lipinski definition) is 5. The summed E-state index contributed by atoms with van der Waals surface area (Å²) in [4.78, 5) is 5.60. The molecule has 0 radical (unpaired) electrons. The summed E-state index contributed by atoms with van der Waals surface area (Å²) in [6.07, 6.45) is 1.33. The maximum Gasteiger partial charge on any atom is 0.195 e. The highest BCUT2D eigenvalue weighted by atomic mass is 32.2. The molecule has 0 saturated carbocycles. The minimum atomic E-state index is -3.05. The van der Waals surface area contributed by atoms with E-state index in [-0.39, 0.29) is 18.4 Å². The quantitative estimate of drug-likeness (QED) is 0.257. The number of anilines is 1. The van der Waals surface area contributed by atoms with Crippen molar-refractivity contribution in [2.45, 2.75) is 24.8 Å². The Balaban J connectivity index is 1.93. The Morgan fingerprint density at radius 2 is 1.79 bits per heavy atom. The lowest BCUT2D eigenvalue weighted by Crippen LogP contribution is -2.33. The monoisotopic (exact) mass is 435 g/mol. The second kappa shape index (κ2) is 11.7. The first-order valence-electron chi connectivity index (χ1n) is 9.49. The van der Waals surface area contributed by atoms with Crippen molar-refractivity contribution < 1.29 is 13.2 Å². The number of aliphatic imine (C=N–C) groups is 1. The van der Waals surface area contributed by atoms with Crippen molar-refractivity contribution in [3.05, 3.63) is 54.6 Å². The third-order valence-corrected chi connectivity index (χ3v) is 5.57. The van der Waals surface area contributed by atoms with E-state index in [1.807, 2.05) is 56.3 Å². The highest BCUT2D eigenvalue weighted by Gasteiger charge is 2.05. The van der Waals surface area contributed by atoms with Gasteiger partial charge in [0.05, 0.1) is 18.4 Å². The van der Waals surface area contributed by atoms with Crippen LogP contribution in [0.15, 0.2) is 64.5 Å². The minimum Gasteiger partial charge on any atom is -0.491 e. The Morgan fingerprint density at radius 3 is 2.41 bits per heavy atom. The van der Waals surface area contributed by atoms with Gasteiger partial charge in [-0.1, -0.05) is 18.2 Å². The van der Waals surface area contributed by atoms with Crippen LogP contribution < -0.4 is 15.4 Å². The fraction of sp³-hybridized carbons (Fsp3) is 0.381. The van der Waals surface area contributed by atoms with Gasteiger partial charge in [-0.05, 0) is 50.2 Å². The molecule has 2 aromatic carbocycles. The van der Waals surface area contributed by atoms with E-state index in [0.717, 1.165) is 17.2 Å². The van der Waals surface area contributed by atoms with Gasteiger partial charge in [0, 0.05) is 29.1 Å². The van der Waals surface area contributed by atoms with Gasteiger partial charge >= 0.3 is 0 Å². The topological polar surface area (TPSA) is 79.8 Å². The molecular formula is C21H29N3O3S2. The average molecular weight is 436 g/mol. The number of benzene rings is 2. The second-order valence-corrected chi connectivity index (χ2v) is 10.2. The largest absolute Gasteiger partial charge is 0.491 e. The number of rotatable bonds is 10. The molecule has 0 aliphatic rings. The smallest absolute Gasteiger partial charge is 0.195 e. The molecule has 0 unspecified atom stereocenters. The van der Waals surface area contributed by atoms with Crippen molar-refractivity contribution in [2.24, 2.45) is 4.99 Å². The first kappa shape index (κ1) is 23.1. The highest BCUT2D eigenvalue weighted by Crippen LogP contribution is 2.17. The molecule has 0 saturated heterocycles. The lowest BCUT2D eigenvalue weighted by atomic mass is 10.3. The van der Waals surface area contributed by atoms with Crippen molar-refractivity contribution in [2.75, 3.05) is 36.2 Å². The van der Waals surface area contributed by atoms with Gasteiger partial charge in [0.2, 0.25) is 0 Å². The van der Waals surface area contributed by atoms with E-state index in [0.29, 0.717) is 12.5 Å². The zero-order valence-electron chi connectivity index (χ0n) is 17.1. The Bertz CT molecular complexity index is 868. The highest BCUT2D eigenvalue weighted by molar-refractivity contribution is 7.99. The number of sulfone groups is 1. The molecule has 2 aromatic rings. The van der Waals surface area contributed by atoms with Gasteiger partial charge in [-0.25, -0.2) is 8.42 Å². The summed E-state index contributed by atoms with van der Waals surface area (Å²) in [5.74, 6) is 2.23. The maximum atomic E-state index is 11.4. The Hall–Kier alpha value is -2.19. The molecule has 2 rings (SSSR count). The number of nitrogens with one attached hydrogen (secondary N) is 2. The number of thioether (sulfide) groups is 1. The molecule has 0 atom stereocenters. The summed E-state index contributed by atoms with van der Waals surface area (Å²) in [5, 5.41) is 6.49. The summed E-state index contributed by atoms with van der Waals surface area (Å²) < 4.78 is 28.4. The normalized spacial score (nSPS) is 12.1. The van der Waals surface area contributed by atoms with Crippen molar-refractivity contribution >= 4 is 33.2 Å². The Morgan fingerprint density at radius 1 is 1.10 bits per heavy atom. The Labute approximate surface area is 178 Å². The van der Waals surface area contributed by atoms with Crippen LogP contribution in [-0.2, 0) is 9.84 Å². The van der Waals surface area contributed by atoms with Crippen LogP contribution in [0.25, 0.3) is 0 Å². The second-order valence-electron chi connectivity index (χ2n) is 6.76. The van der Waals surface area contributed by atoms with Gasteiger partial charge in [-0.2, -0.15) is 0 Å². The van der Waals surface area contributed by atoms with E-state index in [2.05, 4.69) is 27.8 Å².